The Kier molecular flexibility index (Phi) is 5.33. The topological polar surface area (TPSA) is 93.2 Å². The molecule has 2 aliphatic heterocycles. The lowest BCUT2D eigenvalue weighted by atomic mass is 10.1. The molecule has 8 heteroatoms. The maximum Gasteiger partial charge on any atom is 0.316 e. The summed E-state index contributed by atoms with van der Waals surface area (Å²) in [5.74, 6) is -1.22. The van der Waals surface area contributed by atoms with Gasteiger partial charge in [-0.25, -0.2) is 4.90 Å². The van der Waals surface area contributed by atoms with Gasteiger partial charge in [-0.05, 0) is 48.5 Å². The number of benzene rings is 3. The van der Waals surface area contributed by atoms with Gasteiger partial charge in [-0.3, -0.25) is 19.2 Å². The van der Waals surface area contributed by atoms with E-state index >= 15 is 0 Å². The summed E-state index contributed by atoms with van der Waals surface area (Å²) in [6.07, 6.45) is 0.0448. The smallest absolute Gasteiger partial charge is 0.316 e. The van der Waals surface area contributed by atoms with Crippen LogP contribution in [0.15, 0.2) is 72.8 Å². The number of hydrogen-bond acceptors (Lipinski definition) is 6. The van der Waals surface area contributed by atoms with Crippen molar-refractivity contribution in [2.45, 2.75) is 6.42 Å². The maximum absolute atomic E-state index is 12.7. The number of nitrogens with zero attached hydrogens (tertiary/aromatic N) is 2. The quantitative estimate of drug-likeness (QED) is 0.332. The van der Waals surface area contributed by atoms with E-state index in [9.17, 15) is 19.2 Å². The van der Waals surface area contributed by atoms with Gasteiger partial charge in [0.15, 0.2) is 0 Å². The SMILES string of the molecule is COc1cccc(N2C[C@@H](C(=O)Oc3ccc(N4C(=O)c5ccccc5C4=O)cc3)CC2=O)c1. The minimum absolute atomic E-state index is 0.0448. The number of anilines is 2. The second kappa shape index (κ2) is 8.47. The van der Waals surface area contributed by atoms with Crippen LogP contribution in [0.2, 0.25) is 0 Å². The van der Waals surface area contributed by atoms with Crippen molar-refractivity contribution in [3.05, 3.63) is 83.9 Å². The molecule has 0 radical (unpaired) electrons. The molecule has 0 unspecified atom stereocenters. The van der Waals surface area contributed by atoms with Crippen LogP contribution in [0.25, 0.3) is 0 Å². The first-order valence-corrected chi connectivity index (χ1v) is 10.7. The maximum atomic E-state index is 12.7. The molecule has 0 N–H and O–H groups in total. The average Bonchev–Trinajstić information content (AvgIpc) is 3.37. The molecule has 0 spiro atoms. The fourth-order valence-corrected chi connectivity index (χ4v) is 4.18. The predicted octanol–water partition coefficient (Wildman–Crippen LogP) is 3.45. The summed E-state index contributed by atoms with van der Waals surface area (Å²) in [5, 5.41) is 0. The van der Waals surface area contributed by atoms with Crippen molar-refractivity contribution >= 4 is 35.1 Å². The molecule has 5 rings (SSSR count). The molecule has 0 aromatic heterocycles. The number of carbonyl (C=O) groups excluding carboxylic acids is 4. The zero-order valence-corrected chi connectivity index (χ0v) is 18.3. The van der Waals surface area contributed by atoms with Crippen LogP contribution >= 0.6 is 0 Å². The Hall–Kier alpha value is -4.46. The summed E-state index contributed by atoms with van der Waals surface area (Å²) >= 11 is 0. The van der Waals surface area contributed by atoms with E-state index in [1.54, 1.807) is 72.7 Å². The van der Waals surface area contributed by atoms with E-state index in [4.69, 9.17) is 9.47 Å². The molecule has 2 heterocycles. The van der Waals surface area contributed by atoms with Crippen LogP contribution in [0.5, 0.6) is 11.5 Å². The molecule has 0 aliphatic carbocycles. The van der Waals surface area contributed by atoms with E-state index in [1.807, 2.05) is 0 Å². The number of rotatable bonds is 5. The summed E-state index contributed by atoms with van der Waals surface area (Å²) in [6, 6.07) is 19.9. The van der Waals surface area contributed by atoms with Crippen LogP contribution in [0, 0.1) is 5.92 Å². The highest BCUT2D eigenvalue weighted by Crippen LogP contribution is 2.31. The van der Waals surface area contributed by atoms with Crippen LogP contribution in [0.4, 0.5) is 11.4 Å². The monoisotopic (exact) mass is 456 g/mol. The Morgan fingerprint density at radius 3 is 2.15 bits per heavy atom. The van der Waals surface area contributed by atoms with Crippen molar-refractivity contribution in [2.75, 3.05) is 23.5 Å². The molecule has 1 saturated heterocycles. The highest BCUT2D eigenvalue weighted by atomic mass is 16.5. The molecule has 1 fully saturated rings. The summed E-state index contributed by atoms with van der Waals surface area (Å²) in [7, 11) is 1.55. The Morgan fingerprint density at radius 2 is 1.50 bits per heavy atom. The zero-order chi connectivity index (χ0) is 23.8. The van der Waals surface area contributed by atoms with E-state index in [2.05, 4.69) is 0 Å². The van der Waals surface area contributed by atoms with Gasteiger partial charge in [0.05, 0.1) is 29.8 Å². The number of methoxy groups -OCH3 is 1. The standard InChI is InChI=1S/C26H20N2O6/c1-33-20-6-4-5-18(14-20)27-15-16(13-23(27)29)26(32)34-19-11-9-17(10-12-19)28-24(30)21-7-2-3-8-22(21)25(28)31/h2-12,14,16H,13,15H2,1H3/t16-/m0/s1. The van der Waals surface area contributed by atoms with Crippen molar-refractivity contribution in [3.63, 3.8) is 0 Å². The van der Waals surface area contributed by atoms with Crippen molar-refractivity contribution in [2.24, 2.45) is 5.92 Å². The first-order valence-electron chi connectivity index (χ1n) is 10.7. The van der Waals surface area contributed by atoms with Crippen LogP contribution in [-0.2, 0) is 9.59 Å². The molecule has 2 aliphatic rings. The fourth-order valence-electron chi connectivity index (χ4n) is 4.18. The lowest BCUT2D eigenvalue weighted by Gasteiger charge is -2.17. The molecule has 170 valence electrons. The number of esters is 1. The van der Waals surface area contributed by atoms with Crippen LogP contribution in [-0.4, -0.2) is 37.3 Å². The first kappa shape index (κ1) is 21.4. The molecule has 3 aromatic rings. The lowest BCUT2D eigenvalue weighted by Crippen LogP contribution is -2.29. The van der Waals surface area contributed by atoms with Gasteiger partial charge in [0.2, 0.25) is 5.91 Å². The van der Waals surface area contributed by atoms with Crippen molar-refractivity contribution in [3.8, 4) is 11.5 Å². The van der Waals surface area contributed by atoms with Crippen molar-refractivity contribution < 1.29 is 28.7 Å². The summed E-state index contributed by atoms with van der Waals surface area (Å²) < 4.78 is 10.7. The molecule has 0 saturated carbocycles. The first-order chi connectivity index (χ1) is 16.5. The highest BCUT2D eigenvalue weighted by Gasteiger charge is 2.38. The largest absolute Gasteiger partial charge is 0.497 e. The van der Waals surface area contributed by atoms with E-state index in [-0.39, 0.29) is 24.6 Å². The zero-order valence-electron chi connectivity index (χ0n) is 18.3. The molecule has 3 amide bonds. The summed E-state index contributed by atoms with van der Waals surface area (Å²) in [5.41, 5.74) is 1.75. The van der Waals surface area contributed by atoms with Gasteiger partial charge in [-0.15, -0.1) is 0 Å². The predicted molar refractivity (Wildman–Crippen MR) is 123 cm³/mol. The number of carbonyl (C=O) groups is 4. The van der Waals surface area contributed by atoms with Gasteiger partial charge in [-0.1, -0.05) is 18.2 Å². The molecule has 34 heavy (non-hydrogen) atoms. The van der Waals surface area contributed by atoms with Crippen molar-refractivity contribution in [1.82, 2.24) is 0 Å². The van der Waals surface area contributed by atoms with Gasteiger partial charge in [0.25, 0.3) is 11.8 Å². The van der Waals surface area contributed by atoms with Gasteiger partial charge < -0.3 is 14.4 Å². The Labute approximate surface area is 195 Å². The second-order valence-corrected chi connectivity index (χ2v) is 8.01. The van der Waals surface area contributed by atoms with Gasteiger partial charge >= 0.3 is 5.97 Å². The highest BCUT2D eigenvalue weighted by molar-refractivity contribution is 6.34. The molecule has 1 atom stereocenters. The number of fused-ring (bicyclic) bond motifs is 1. The lowest BCUT2D eigenvalue weighted by molar-refractivity contribution is -0.139. The van der Waals surface area contributed by atoms with E-state index in [0.717, 1.165) is 4.90 Å². The number of ether oxygens (including phenoxy) is 2. The Morgan fingerprint density at radius 1 is 0.824 bits per heavy atom. The molecule has 8 nitrogen and oxygen atoms in total. The number of hydrogen-bond donors (Lipinski definition) is 0. The third-order valence-electron chi connectivity index (χ3n) is 5.93. The third-order valence-corrected chi connectivity index (χ3v) is 5.93. The average molecular weight is 456 g/mol. The summed E-state index contributed by atoms with van der Waals surface area (Å²) in [6.45, 7) is 0.206. The van der Waals surface area contributed by atoms with E-state index in [1.165, 1.54) is 12.1 Å². The molecule has 3 aromatic carbocycles. The minimum atomic E-state index is -0.616. The third kappa shape index (κ3) is 3.69. The van der Waals surface area contributed by atoms with Crippen LogP contribution in [0.1, 0.15) is 27.1 Å². The van der Waals surface area contributed by atoms with Gasteiger partial charge in [0, 0.05) is 24.7 Å². The fraction of sp³-hybridized carbons (Fsp3) is 0.154. The van der Waals surface area contributed by atoms with Gasteiger partial charge in [0.1, 0.15) is 11.5 Å². The normalized spacial score (nSPS) is 17.2. The van der Waals surface area contributed by atoms with E-state index in [0.29, 0.717) is 28.3 Å². The van der Waals surface area contributed by atoms with Crippen LogP contribution in [0.3, 0.4) is 0 Å². The second-order valence-electron chi connectivity index (χ2n) is 8.01. The van der Waals surface area contributed by atoms with Gasteiger partial charge in [-0.2, -0.15) is 0 Å². The molecule has 0 bridgehead atoms. The minimum Gasteiger partial charge on any atom is -0.497 e. The Bertz CT molecular complexity index is 1280. The Balaban J connectivity index is 1.26. The number of imide groups is 1. The van der Waals surface area contributed by atoms with Crippen molar-refractivity contribution in [1.29, 1.82) is 0 Å². The van der Waals surface area contributed by atoms with Crippen LogP contribution < -0.4 is 19.3 Å². The molecular weight excluding hydrogens is 436 g/mol. The summed E-state index contributed by atoms with van der Waals surface area (Å²) in [4.78, 5) is 53.1. The molecular formula is C26H20N2O6. The number of amides is 3. The van der Waals surface area contributed by atoms with E-state index < -0.39 is 23.7 Å².